The standard InChI is InChI=1S/C27H39N3O4/c1-3-29(4-2)19-17-28-26(32)22-34-20-9-8-18-30-24(13-10-14-27(30)33)15-16-25(31)21-23-11-6-5-7-12-23/h5-7,11-12,15-16,24-25,31H,3-4,10,13-14,17-22H2,1-2H3,(H,28,32)/b16-15+/t24-,25?/m1/s1. The number of nitrogens with zero attached hydrogens (tertiary/aromatic N) is 2. The minimum Gasteiger partial charge on any atom is -0.389 e. The molecule has 1 heterocycles. The molecule has 7 heteroatoms. The average Bonchev–Trinajstić information content (AvgIpc) is 2.84. The van der Waals surface area contributed by atoms with Crippen LogP contribution in [0.4, 0.5) is 0 Å². The molecule has 0 spiro atoms. The number of carbonyl (C=O) groups is 2. The summed E-state index contributed by atoms with van der Waals surface area (Å²) in [6.07, 6.45) is 5.84. The van der Waals surface area contributed by atoms with Crippen LogP contribution in [0.5, 0.6) is 0 Å². The van der Waals surface area contributed by atoms with Crippen molar-refractivity contribution in [1.82, 2.24) is 15.1 Å². The van der Waals surface area contributed by atoms with Crippen LogP contribution in [-0.4, -0.2) is 84.8 Å². The third kappa shape index (κ3) is 10.5. The molecule has 1 aliphatic rings. The van der Waals surface area contributed by atoms with Gasteiger partial charge in [-0.1, -0.05) is 68.2 Å². The lowest BCUT2D eigenvalue weighted by Gasteiger charge is -2.32. The smallest absolute Gasteiger partial charge is 0.246 e. The Balaban J connectivity index is 1.72. The Kier molecular flexibility index (Phi) is 13.0. The van der Waals surface area contributed by atoms with Gasteiger partial charge in [-0.3, -0.25) is 9.59 Å². The van der Waals surface area contributed by atoms with Gasteiger partial charge in [0.25, 0.3) is 0 Å². The predicted molar refractivity (Wildman–Crippen MR) is 134 cm³/mol. The van der Waals surface area contributed by atoms with Crippen molar-refractivity contribution in [3.8, 4) is 11.8 Å². The number of amides is 2. The van der Waals surface area contributed by atoms with Gasteiger partial charge in [0.05, 0.1) is 18.7 Å². The quantitative estimate of drug-likeness (QED) is 0.262. The van der Waals surface area contributed by atoms with Gasteiger partial charge in [-0.05, 0) is 31.5 Å². The van der Waals surface area contributed by atoms with Gasteiger partial charge in [-0.2, -0.15) is 0 Å². The van der Waals surface area contributed by atoms with Gasteiger partial charge in [0.1, 0.15) is 13.2 Å². The Morgan fingerprint density at radius 3 is 2.79 bits per heavy atom. The molecule has 1 fully saturated rings. The van der Waals surface area contributed by atoms with Crippen LogP contribution in [0, 0.1) is 11.8 Å². The summed E-state index contributed by atoms with van der Waals surface area (Å²) in [7, 11) is 0. The first-order valence-electron chi connectivity index (χ1n) is 12.3. The first-order valence-corrected chi connectivity index (χ1v) is 12.3. The van der Waals surface area contributed by atoms with Crippen LogP contribution < -0.4 is 5.32 Å². The molecule has 1 aromatic rings. The maximum Gasteiger partial charge on any atom is 0.246 e. The lowest BCUT2D eigenvalue weighted by molar-refractivity contribution is -0.134. The second-order valence-corrected chi connectivity index (χ2v) is 8.35. The Labute approximate surface area is 204 Å². The number of aliphatic hydroxyl groups is 1. The van der Waals surface area contributed by atoms with E-state index in [0.29, 0.717) is 25.9 Å². The fourth-order valence-corrected chi connectivity index (χ4v) is 3.86. The van der Waals surface area contributed by atoms with Gasteiger partial charge in [0.2, 0.25) is 11.8 Å². The third-order valence-electron chi connectivity index (χ3n) is 5.88. The van der Waals surface area contributed by atoms with Crippen LogP contribution >= 0.6 is 0 Å². The summed E-state index contributed by atoms with van der Waals surface area (Å²) in [6.45, 7) is 7.95. The van der Waals surface area contributed by atoms with Crippen LogP contribution in [0.15, 0.2) is 42.5 Å². The van der Waals surface area contributed by atoms with E-state index < -0.39 is 6.10 Å². The fourth-order valence-electron chi connectivity index (χ4n) is 3.86. The van der Waals surface area contributed by atoms with Crippen LogP contribution in [0.2, 0.25) is 0 Å². The highest BCUT2D eigenvalue weighted by atomic mass is 16.5. The van der Waals surface area contributed by atoms with Crippen LogP contribution in [0.3, 0.4) is 0 Å². The summed E-state index contributed by atoms with van der Waals surface area (Å²) in [6, 6.07) is 9.76. The monoisotopic (exact) mass is 469 g/mol. The molecule has 1 saturated heterocycles. The number of likely N-dealkylation sites (N-methyl/N-ethyl adjacent to an activating group) is 1. The summed E-state index contributed by atoms with van der Waals surface area (Å²) < 4.78 is 5.33. The summed E-state index contributed by atoms with van der Waals surface area (Å²) in [5, 5.41) is 13.2. The highest BCUT2D eigenvalue weighted by Gasteiger charge is 2.25. The van der Waals surface area contributed by atoms with Gasteiger partial charge in [-0.15, -0.1) is 0 Å². The molecule has 2 atom stereocenters. The molecule has 0 aromatic heterocycles. The van der Waals surface area contributed by atoms with E-state index in [4.69, 9.17) is 4.74 Å². The molecule has 1 aliphatic heterocycles. The van der Waals surface area contributed by atoms with Crippen LogP contribution in [-0.2, 0) is 20.7 Å². The molecule has 0 bridgehead atoms. The molecule has 1 unspecified atom stereocenters. The van der Waals surface area contributed by atoms with Crippen LogP contribution in [0.25, 0.3) is 0 Å². The van der Waals surface area contributed by atoms with Gasteiger partial charge < -0.3 is 25.0 Å². The zero-order chi connectivity index (χ0) is 24.6. The number of aliphatic hydroxyl groups excluding tert-OH is 1. The van der Waals surface area contributed by atoms with Crippen molar-refractivity contribution in [2.45, 2.75) is 51.7 Å². The van der Waals surface area contributed by atoms with E-state index in [1.165, 1.54) is 0 Å². The molecule has 7 nitrogen and oxygen atoms in total. The minimum absolute atomic E-state index is 0.0275. The zero-order valence-electron chi connectivity index (χ0n) is 20.5. The van der Waals surface area contributed by atoms with Crippen LogP contribution in [0.1, 0.15) is 38.7 Å². The Bertz CT molecular complexity index is 827. The minimum atomic E-state index is -0.598. The van der Waals surface area contributed by atoms with E-state index in [1.807, 2.05) is 36.4 Å². The maximum atomic E-state index is 12.4. The Hall–Kier alpha value is -2.66. The molecule has 186 valence electrons. The summed E-state index contributed by atoms with van der Waals surface area (Å²) >= 11 is 0. The van der Waals surface area contributed by atoms with Crippen molar-refractivity contribution in [2.75, 3.05) is 45.9 Å². The van der Waals surface area contributed by atoms with E-state index in [9.17, 15) is 14.7 Å². The highest BCUT2D eigenvalue weighted by Crippen LogP contribution is 2.19. The average molecular weight is 470 g/mol. The van der Waals surface area contributed by atoms with Gasteiger partial charge >= 0.3 is 0 Å². The van der Waals surface area contributed by atoms with Crippen molar-refractivity contribution in [1.29, 1.82) is 0 Å². The van der Waals surface area contributed by atoms with Crippen molar-refractivity contribution in [2.24, 2.45) is 0 Å². The second kappa shape index (κ2) is 16.0. The molecule has 34 heavy (non-hydrogen) atoms. The number of benzene rings is 1. The summed E-state index contributed by atoms with van der Waals surface area (Å²) in [5.41, 5.74) is 1.07. The van der Waals surface area contributed by atoms with E-state index in [2.05, 4.69) is 35.9 Å². The first kappa shape index (κ1) is 27.6. The van der Waals surface area contributed by atoms with E-state index >= 15 is 0 Å². The molecule has 2 N–H and O–H groups in total. The predicted octanol–water partition coefficient (Wildman–Crippen LogP) is 2.01. The Morgan fingerprint density at radius 2 is 2.06 bits per heavy atom. The SMILES string of the molecule is CCN(CC)CCNC(=O)COCC#CCN1C(=O)CCC[C@@H]1/C=C/C(O)Cc1ccccc1. The molecule has 0 radical (unpaired) electrons. The van der Waals surface area contributed by atoms with Gasteiger partial charge in [-0.25, -0.2) is 0 Å². The van der Waals surface area contributed by atoms with Crippen molar-refractivity contribution in [3.63, 3.8) is 0 Å². The van der Waals surface area contributed by atoms with Crippen molar-refractivity contribution >= 4 is 11.8 Å². The van der Waals surface area contributed by atoms with E-state index in [0.717, 1.165) is 38.0 Å². The summed E-state index contributed by atoms with van der Waals surface area (Å²) in [5.74, 6) is 5.79. The van der Waals surface area contributed by atoms with E-state index in [1.54, 1.807) is 11.0 Å². The molecule has 0 aliphatic carbocycles. The number of rotatable bonds is 13. The number of carbonyl (C=O) groups excluding carboxylic acids is 2. The number of hydrogen-bond donors (Lipinski definition) is 2. The number of hydrogen-bond acceptors (Lipinski definition) is 5. The van der Waals surface area contributed by atoms with E-state index in [-0.39, 0.29) is 31.1 Å². The fraction of sp³-hybridized carbons (Fsp3) is 0.556. The molecule has 2 rings (SSSR count). The molecule has 2 amide bonds. The van der Waals surface area contributed by atoms with Gasteiger partial charge in [0, 0.05) is 25.9 Å². The van der Waals surface area contributed by atoms with Gasteiger partial charge in [0.15, 0.2) is 0 Å². The molecule has 0 saturated carbocycles. The number of nitrogens with one attached hydrogen (secondary N) is 1. The second-order valence-electron chi connectivity index (χ2n) is 8.35. The highest BCUT2D eigenvalue weighted by molar-refractivity contribution is 5.78. The number of piperidine rings is 1. The van der Waals surface area contributed by atoms with Crippen molar-refractivity contribution in [3.05, 3.63) is 48.0 Å². The van der Waals surface area contributed by atoms with Crippen molar-refractivity contribution < 1.29 is 19.4 Å². The molecular weight excluding hydrogens is 430 g/mol. The third-order valence-corrected chi connectivity index (χ3v) is 5.88. The lowest BCUT2D eigenvalue weighted by Crippen LogP contribution is -2.42. The Morgan fingerprint density at radius 1 is 1.29 bits per heavy atom. The number of likely N-dealkylation sites (tertiary alicyclic amines) is 1. The zero-order valence-corrected chi connectivity index (χ0v) is 20.5. The number of ether oxygens (including phenoxy) is 1. The maximum absolute atomic E-state index is 12.4. The summed E-state index contributed by atoms with van der Waals surface area (Å²) in [4.78, 5) is 28.2. The normalized spacial score (nSPS) is 17.0. The molecular formula is C27H39N3O4. The molecule has 1 aromatic carbocycles. The lowest BCUT2D eigenvalue weighted by atomic mass is 9.99. The largest absolute Gasteiger partial charge is 0.389 e. The topological polar surface area (TPSA) is 82.1 Å². The first-order chi connectivity index (χ1) is 16.5.